The second-order valence-electron chi connectivity index (χ2n) is 6.23. The van der Waals surface area contributed by atoms with Crippen LogP contribution in [0.25, 0.3) is 11.0 Å². The highest BCUT2D eigenvalue weighted by molar-refractivity contribution is 5.91. The number of aromatic nitrogens is 5. The van der Waals surface area contributed by atoms with Crippen LogP contribution in [0.15, 0.2) is 30.6 Å². The Bertz CT molecular complexity index is 862. The number of aromatic amines is 1. The van der Waals surface area contributed by atoms with Crippen LogP contribution in [0, 0.1) is 5.92 Å². The predicted octanol–water partition coefficient (Wildman–Crippen LogP) is 2.03. The Morgan fingerprint density at radius 1 is 1.32 bits per heavy atom. The number of benzene rings is 1. The van der Waals surface area contributed by atoms with Gasteiger partial charge in [0.15, 0.2) is 0 Å². The lowest BCUT2D eigenvalue weighted by molar-refractivity contribution is -0.120. The third-order valence-corrected chi connectivity index (χ3v) is 4.76. The number of rotatable bonds is 4. The van der Waals surface area contributed by atoms with E-state index < -0.39 is 0 Å². The van der Waals surface area contributed by atoms with Crippen molar-refractivity contribution >= 4 is 28.8 Å². The lowest BCUT2D eigenvalue weighted by Gasteiger charge is -2.32. The van der Waals surface area contributed by atoms with Crippen LogP contribution in [-0.2, 0) is 11.3 Å². The van der Waals surface area contributed by atoms with Crippen molar-refractivity contribution in [2.75, 3.05) is 23.3 Å². The number of imidazole rings is 1. The molecule has 1 aliphatic heterocycles. The average molecular weight is 339 g/mol. The number of hydrogen-bond donors (Lipinski definition) is 2. The van der Waals surface area contributed by atoms with Gasteiger partial charge >= 0.3 is 0 Å². The summed E-state index contributed by atoms with van der Waals surface area (Å²) in [6, 6.07) is 8.20. The third kappa shape index (κ3) is 2.95. The summed E-state index contributed by atoms with van der Waals surface area (Å²) in [4.78, 5) is 23.4. The van der Waals surface area contributed by atoms with Gasteiger partial charge in [-0.2, -0.15) is 10.1 Å². The largest absolute Gasteiger partial charge is 0.342 e. The zero-order valence-electron chi connectivity index (χ0n) is 14.1. The summed E-state index contributed by atoms with van der Waals surface area (Å²) in [5.41, 5.74) is 2.18. The van der Waals surface area contributed by atoms with Crippen LogP contribution in [0.1, 0.15) is 19.8 Å². The summed E-state index contributed by atoms with van der Waals surface area (Å²) in [6.07, 6.45) is 2.98. The molecule has 0 unspecified atom stereocenters. The molecule has 0 saturated carbocycles. The molecular formula is C17H21N7O. The van der Waals surface area contributed by atoms with E-state index in [4.69, 9.17) is 4.98 Å². The Morgan fingerprint density at radius 2 is 2.12 bits per heavy atom. The van der Waals surface area contributed by atoms with Crippen LogP contribution in [0.4, 0.5) is 11.9 Å². The fraction of sp³-hybridized carbons (Fsp3) is 0.412. The molecule has 8 nitrogen and oxygen atoms in total. The van der Waals surface area contributed by atoms with E-state index in [0.29, 0.717) is 5.95 Å². The Balaban J connectivity index is 1.46. The van der Waals surface area contributed by atoms with Crippen molar-refractivity contribution < 1.29 is 4.79 Å². The Labute approximate surface area is 145 Å². The summed E-state index contributed by atoms with van der Waals surface area (Å²) >= 11 is 0. The smallest absolute Gasteiger partial charge is 0.229 e. The number of amides is 1. The van der Waals surface area contributed by atoms with E-state index in [0.717, 1.165) is 49.5 Å². The van der Waals surface area contributed by atoms with Gasteiger partial charge in [-0.1, -0.05) is 12.1 Å². The van der Waals surface area contributed by atoms with Crippen LogP contribution in [0.5, 0.6) is 0 Å². The molecule has 0 aliphatic carbocycles. The minimum absolute atomic E-state index is 0.000365. The molecule has 130 valence electrons. The maximum atomic E-state index is 12.3. The number of hydrogen-bond acceptors (Lipinski definition) is 5. The Hall–Kier alpha value is -2.90. The van der Waals surface area contributed by atoms with E-state index in [1.807, 2.05) is 18.2 Å². The Morgan fingerprint density at radius 3 is 2.84 bits per heavy atom. The van der Waals surface area contributed by atoms with Crippen LogP contribution < -0.4 is 10.2 Å². The average Bonchev–Trinajstić information content (AvgIpc) is 3.28. The topological polar surface area (TPSA) is 91.7 Å². The molecule has 1 aliphatic rings. The van der Waals surface area contributed by atoms with E-state index in [1.54, 1.807) is 0 Å². The summed E-state index contributed by atoms with van der Waals surface area (Å²) in [7, 11) is 0. The van der Waals surface area contributed by atoms with Crippen molar-refractivity contribution in [3.63, 3.8) is 0 Å². The van der Waals surface area contributed by atoms with Gasteiger partial charge in [0.25, 0.3) is 0 Å². The minimum atomic E-state index is -0.0131. The van der Waals surface area contributed by atoms with E-state index in [1.165, 1.54) is 6.33 Å². The molecule has 25 heavy (non-hydrogen) atoms. The zero-order chi connectivity index (χ0) is 17.2. The molecule has 2 aromatic heterocycles. The predicted molar refractivity (Wildman–Crippen MR) is 95.4 cm³/mol. The molecule has 1 saturated heterocycles. The lowest BCUT2D eigenvalue weighted by atomic mass is 9.96. The van der Waals surface area contributed by atoms with Crippen molar-refractivity contribution in [2.45, 2.75) is 26.3 Å². The maximum absolute atomic E-state index is 12.3. The lowest BCUT2D eigenvalue weighted by Crippen LogP contribution is -2.39. The van der Waals surface area contributed by atoms with Gasteiger partial charge in [-0.05, 0) is 31.9 Å². The van der Waals surface area contributed by atoms with E-state index in [-0.39, 0.29) is 11.8 Å². The molecule has 1 fully saturated rings. The highest BCUT2D eigenvalue weighted by Gasteiger charge is 2.27. The first kappa shape index (κ1) is 15.6. The number of piperidine rings is 1. The fourth-order valence-electron chi connectivity index (χ4n) is 3.44. The number of carbonyl (C=O) groups is 1. The number of fused-ring (bicyclic) bond motifs is 1. The van der Waals surface area contributed by atoms with E-state index in [2.05, 4.69) is 43.0 Å². The second-order valence-corrected chi connectivity index (χ2v) is 6.23. The number of H-pyrrole nitrogens is 1. The molecule has 3 heterocycles. The summed E-state index contributed by atoms with van der Waals surface area (Å²) < 4.78 is 2.24. The van der Waals surface area contributed by atoms with E-state index >= 15 is 0 Å². The van der Waals surface area contributed by atoms with Gasteiger partial charge in [0.05, 0.1) is 11.0 Å². The molecule has 8 heteroatoms. The van der Waals surface area contributed by atoms with Crippen LogP contribution in [0.2, 0.25) is 0 Å². The van der Waals surface area contributed by atoms with Crippen LogP contribution in [-0.4, -0.2) is 43.7 Å². The molecule has 3 aromatic rings. The first-order valence-electron chi connectivity index (χ1n) is 8.62. The number of carbonyl (C=O) groups excluding carboxylic acids is 1. The van der Waals surface area contributed by atoms with Crippen molar-refractivity contribution in [3.8, 4) is 0 Å². The quantitative estimate of drug-likeness (QED) is 0.759. The van der Waals surface area contributed by atoms with Crippen LogP contribution in [0.3, 0.4) is 0 Å². The fourth-order valence-corrected chi connectivity index (χ4v) is 3.44. The number of nitrogens with zero attached hydrogens (tertiary/aromatic N) is 5. The molecule has 2 N–H and O–H groups in total. The van der Waals surface area contributed by atoms with Crippen LogP contribution >= 0.6 is 0 Å². The number of nitrogens with one attached hydrogen (secondary N) is 2. The molecule has 0 radical (unpaired) electrons. The summed E-state index contributed by atoms with van der Waals surface area (Å²) in [6.45, 7) is 4.65. The molecule has 0 atom stereocenters. The van der Waals surface area contributed by atoms with Crippen molar-refractivity contribution in [3.05, 3.63) is 30.6 Å². The van der Waals surface area contributed by atoms with Gasteiger partial charge in [-0.3, -0.25) is 10.1 Å². The SMILES string of the molecule is CCn1c(N2CCC(C(=O)Nc3ncn[nH]3)CC2)nc2ccccc21. The normalized spacial score (nSPS) is 15.6. The third-order valence-electron chi connectivity index (χ3n) is 4.76. The van der Waals surface area contributed by atoms with Gasteiger partial charge in [0, 0.05) is 25.6 Å². The molecule has 1 amide bonds. The van der Waals surface area contributed by atoms with E-state index in [9.17, 15) is 4.79 Å². The maximum Gasteiger partial charge on any atom is 0.229 e. The molecule has 0 bridgehead atoms. The van der Waals surface area contributed by atoms with Gasteiger partial charge in [0.1, 0.15) is 6.33 Å². The van der Waals surface area contributed by atoms with Crippen molar-refractivity contribution in [2.24, 2.45) is 5.92 Å². The molecule has 4 rings (SSSR count). The van der Waals surface area contributed by atoms with Gasteiger partial charge in [0.2, 0.25) is 17.8 Å². The van der Waals surface area contributed by atoms with Gasteiger partial charge < -0.3 is 9.47 Å². The Kier molecular flexibility index (Phi) is 4.09. The van der Waals surface area contributed by atoms with Crippen molar-refractivity contribution in [1.29, 1.82) is 0 Å². The molecule has 1 aromatic carbocycles. The standard InChI is InChI=1S/C17H21N7O/c1-2-24-14-6-4-3-5-13(14)20-17(24)23-9-7-12(8-10-23)15(25)21-16-18-11-19-22-16/h3-6,11-12H,2,7-10H2,1H3,(H2,18,19,21,22,25). The van der Waals surface area contributed by atoms with Gasteiger partial charge in [-0.25, -0.2) is 10.1 Å². The number of anilines is 2. The van der Waals surface area contributed by atoms with Gasteiger partial charge in [-0.15, -0.1) is 0 Å². The number of aryl methyl sites for hydroxylation is 1. The molecular weight excluding hydrogens is 318 g/mol. The highest BCUT2D eigenvalue weighted by atomic mass is 16.2. The summed E-state index contributed by atoms with van der Waals surface area (Å²) in [5.74, 6) is 1.39. The second kappa shape index (κ2) is 6.54. The number of para-hydroxylation sites is 2. The first-order valence-corrected chi connectivity index (χ1v) is 8.62. The summed E-state index contributed by atoms with van der Waals surface area (Å²) in [5, 5.41) is 9.18. The van der Waals surface area contributed by atoms with Crippen molar-refractivity contribution in [1.82, 2.24) is 24.7 Å². The molecule has 0 spiro atoms. The highest BCUT2D eigenvalue weighted by Crippen LogP contribution is 2.27. The zero-order valence-corrected chi connectivity index (χ0v) is 14.1. The minimum Gasteiger partial charge on any atom is -0.342 e. The first-order chi connectivity index (χ1) is 12.3. The monoisotopic (exact) mass is 339 g/mol.